The molecule has 9 aliphatic rings. The molecule has 0 spiro atoms. The van der Waals surface area contributed by atoms with Gasteiger partial charge in [-0.3, -0.25) is 42.5 Å². The molecule has 8 N–H and O–H groups in total. The van der Waals surface area contributed by atoms with Gasteiger partial charge in [-0.2, -0.15) is 8.42 Å². The van der Waals surface area contributed by atoms with E-state index < -0.39 is 8.26 Å². The van der Waals surface area contributed by atoms with Gasteiger partial charge in [0, 0.05) is 40.9 Å². The Kier molecular flexibility index (Phi) is 13.2. The molecule has 12 unspecified atom stereocenters. The van der Waals surface area contributed by atoms with Gasteiger partial charge in [-0.05, 0) is 194 Å². The average molecular weight is 1020 g/mol. The van der Waals surface area contributed by atoms with E-state index in [0.29, 0.717) is 95.7 Å². The predicted molar refractivity (Wildman–Crippen MR) is 268 cm³/mol. The molecule has 4 aromatic heterocycles. The first kappa shape index (κ1) is 45.2. The van der Waals surface area contributed by atoms with Crippen molar-refractivity contribution in [2.75, 3.05) is 0 Å². The van der Waals surface area contributed by atoms with Crippen LogP contribution in [0.3, 0.4) is 0 Å². The van der Waals surface area contributed by atoms with Crippen molar-refractivity contribution in [3.05, 3.63) is 89.6 Å². The third-order valence-electron chi connectivity index (χ3n) is 17.9. The van der Waals surface area contributed by atoms with E-state index in [4.69, 9.17) is 8.42 Å². The number of hydrogen-bond acceptors (Lipinski definition) is 14. The lowest BCUT2D eigenvalue weighted by molar-refractivity contribution is 0.153. The lowest BCUT2D eigenvalue weighted by Crippen LogP contribution is -2.61. The van der Waals surface area contributed by atoms with Gasteiger partial charge in [0.2, 0.25) is 0 Å². The van der Waals surface area contributed by atoms with Gasteiger partial charge in [-0.1, -0.05) is 24.3 Å². The van der Waals surface area contributed by atoms with Crippen LogP contribution in [-0.2, 0) is 8.26 Å². The van der Waals surface area contributed by atoms with Gasteiger partial charge < -0.3 is 0 Å². The third kappa shape index (κ3) is 9.28. The fraction of sp³-hybridized carbons (Fsp3) is 0.667. The molecule has 65 heavy (non-hydrogen) atoms. The number of fused-ring (bicyclic) bond motifs is 20. The second-order valence-corrected chi connectivity index (χ2v) is 28.5. The van der Waals surface area contributed by atoms with Gasteiger partial charge in [-0.15, -0.1) is 45.3 Å². The monoisotopic (exact) mass is 1010 g/mol. The summed E-state index contributed by atoms with van der Waals surface area (Å²) in [5.74, 6) is 7.55. The van der Waals surface area contributed by atoms with E-state index in [1.54, 1.807) is 19.5 Å². The molecule has 0 radical (unpaired) electrons. The Labute approximate surface area is 409 Å². The second kappa shape index (κ2) is 19.0. The lowest BCUT2D eigenvalue weighted by Gasteiger charge is -2.39. The van der Waals surface area contributed by atoms with Crippen LogP contribution >= 0.6 is 66.7 Å². The van der Waals surface area contributed by atoms with Crippen LogP contribution in [0.1, 0.15) is 120 Å². The predicted octanol–water partition coefficient (Wildman–Crippen LogP) is 9.14. The van der Waals surface area contributed by atoms with Crippen LogP contribution in [-0.4, -0.2) is 57.7 Å². The van der Waals surface area contributed by atoms with Crippen molar-refractivity contribution in [3.8, 4) is 0 Å². The fourth-order valence-electron chi connectivity index (χ4n) is 15.1. The van der Waals surface area contributed by atoms with Gasteiger partial charge >= 0.3 is 8.26 Å². The molecule has 5 aliphatic heterocycles. The molecule has 9 fully saturated rings. The first-order valence-electron chi connectivity index (χ1n) is 24.5. The van der Waals surface area contributed by atoms with Gasteiger partial charge in [0.15, 0.2) is 0 Å². The van der Waals surface area contributed by atoms with Gasteiger partial charge in [-0.25, -0.2) is 0 Å². The summed E-state index contributed by atoms with van der Waals surface area (Å²) >= 11 is 7.92. The van der Waals surface area contributed by atoms with E-state index in [2.05, 4.69) is 134 Å². The molecule has 12 atom stereocenters. The number of thiophene rings is 4. The summed E-state index contributed by atoms with van der Waals surface area (Å²) in [5.41, 5.74) is 0. The first-order chi connectivity index (χ1) is 31.7. The Morgan fingerprint density at radius 1 is 0.354 bits per heavy atom. The van der Waals surface area contributed by atoms with Gasteiger partial charge in [0.25, 0.3) is 0 Å². The fourth-order valence-corrected chi connectivity index (χ4v) is 18.7. The summed E-state index contributed by atoms with van der Waals surface area (Å²) in [6, 6.07) is 18.7. The molecule has 9 heterocycles. The minimum absolute atomic E-state index is 0.289. The quantitative estimate of drug-likeness (QED) is 0.0938. The summed E-state index contributed by atoms with van der Waals surface area (Å²) in [6.07, 6.45) is 17.8. The molecular formula is C48H64Cl2N8O2S5. The number of hydrogen-bond donors (Lipinski definition) is 8. The van der Waals surface area contributed by atoms with Crippen LogP contribution in [0.25, 0.3) is 0 Å². The van der Waals surface area contributed by atoms with Crippen molar-refractivity contribution in [1.29, 1.82) is 0 Å². The summed E-state index contributed by atoms with van der Waals surface area (Å²) in [6.45, 7) is 0. The van der Waals surface area contributed by atoms with E-state index in [1.165, 1.54) is 77.0 Å². The minimum Gasteiger partial charge on any atom is -0.286 e. The molecule has 17 heteroatoms. The smallest absolute Gasteiger partial charge is 0.286 e. The first-order valence-corrected chi connectivity index (χ1v) is 31.2. The van der Waals surface area contributed by atoms with Crippen LogP contribution in [0, 0.1) is 47.3 Å². The Morgan fingerprint density at radius 2 is 0.554 bits per heavy atom. The molecule has 5 saturated heterocycles. The summed E-state index contributed by atoms with van der Waals surface area (Å²) in [4.78, 5) is 6.38. The normalized spacial score (nSPS) is 44.6. The highest BCUT2D eigenvalue weighted by atomic mass is 36.0. The van der Waals surface area contributed by atoms with Crippen LogP contribution in [0.4, 0.5) is 0 Å². The van der Waals surface area contributed by atoms with Crippen LogP contribution in [0.15, 0.2) is 70.1 Å². The highest BCUT2D eigenvalue weighted by Crippen LogP contribution is 2.52. The second-order valence-electron chi connectivity index (χ2n) is 20.9. The van der Waals surface area contributed by atoms with Crippen LogP contribution in [0.5, 0.6) is 0 Å². The van der Waals surface area contributed by atoms with E-state index >= 15 is 0 Å². The molecule has 0 amide bonds. The van der Waals surface area contributed by atoms with E-state index in [0.717, 1.165) is 0 Å². The van der Waals surface area contributed by atoms with Crippen LogP contribution in [0.2, 0.25) is 0 Å². The zero-order chi connectivity index (χ0) is 43.8. The van der Waals surface area contributed by atoms with Gasteiger partial charge in [0.05, 0.1) is 49.3 Å². The maximum absolute atomic E-state index is 9.16. The van der Waals surface area contributed by atoms with E-state index in [-0.39, 0.29) is 24.7 Å². The van der Waals surface area contributed by atoms with Crippen LogP contribution < -0.4 is 42.5 Å². The minimum atomic E-state index is -3.72. The summed E-state index contributed by atoms with van der Waals surface area (Å²) in [5, 5.41) is 44.3. The Bertz CT molecular complexity index is 1990. The Hall–Kier alpha value is -0.990. The van der Waals surface area contributed by atoms with Crippen molar-refractivity contribution in [1.82, 2.24) is 42.5 Å². The van der Waals surface area contributed by atoms with Crippen molar-refractivity contribution in [2.45, 2.75) is 150 Å². The largest absolute Gasteiger partial charge is 0.317 e. The van der Waals surface area contributed by atoms with Crippen molar-refractivity contribution in [2.24, 2.45) is 47.3 Å². The molecular weight excluding hydrogens is 952 g/mol. The Balaban J connectivity index is 0.000000846. The van der Waals surface area contributed by atoms with E-state index in [1.807, 2.05) is 45.3 Å². The molecule has 13 rings (SSSR count). The molecule has 4 aromatic rings. The molecule has 10 nitrogen and oxygen atoms in total. The zero-order valence-corrected chi connectivity index (χ0v) is 42.2. The average Bonchev–Trinajstić information content (AvgIpc) is 4.15. The zero-order valence-electron chi connectivity index (χ0n) is 36.6. The molecule has 4 aliphatic carbocycles. The van der Waals surface area contributed by atoms with Crippen molar-refractivity contribution >= 4 is 75.0 Å². The Morgan fingerprint density at radius 3 is 0.738 bits per heavy atom. The lowest BCUT2D eigenvalue weighted by atomic mass is 9.71. The highest BCUT2D eigenvalue weighted by molar-refractivity contribution is 8.31. The maximum atomic E-state index is 9.16. The molecule has 352 valence electrons. The number of nitrogens with one attached hydrogen (secondary N) is 8. The van der Waals surface area contributed by atoms with Gasteiger partial charge in [0.1, 0.15) is 0 Å². The number of rotatable bonds is 4. The highest BCUT2D eigenvalue weighted by Gasteiger charge is 2.56. The van der Waals surface area contributed by atoms with Crippen molar-refractivity contribution < 1.29 is 8.42 Å². The molecule has 0 aromatic carbocycles. The van der Waals surface area contributed by atoms with E-state index in [9.17, 15) is 0 Å². The SMILES string of the molecule is O=S(=O)(Cl)Cl.c1csc(C2CCC3C4NC(NC5NC(NC6NC(NC7NC(N4)C4CC(c8cccs8)CCC74)C4CC(c7cccs7)CCC64)C4CC(c6cccs6)CCC54)C3C2)c1. The molecule has 8 bridgehead atoms. The summed E-state index contributed by atoms with van der Waals surface area (Å²) in [7, 11) is 4.81. The standard InChI is InChI=1S/C48H64N8S4.Cl2O2S/c1-5-37(57-17-1)25-9-13-29-33(21-25)45-49-41(29)54-46-35-23-27(39-7-3-19-59-39)11-15-31(35)43(51-46)56-48-36-24-28(40-8-4-20-60-40)12-16-32(36)44(52-48)55-47-34-22-26(38-6-2-18-58-38)10-14-30(34)42(50-47)53-45;1-5(2,3)4/h1-8,17-20,25-36,41-56H,9-16,21-24H2;. The maximum Gasteiger partial charge on any atom is 0.317 e. The third-order valence-corrected chi connectivity index (χ3v) is 22.0. The molecule has 4 saturated carbocycles. The van der Waals surface area contributed by atoms with Crippen molar-refractivity contribution in [3.63, 3.8) is 0 Å². The number of halogens is 2. The summed E-state index contributed by atoms with van der Waals surface area (Å²) < 4.78 is 18.3. The topological polar surface area (TPSA) is 130 Å².